The van der Waals surface area contributed by atoms with Gasteiger partial charge in [0, 0.05) is 18.1 Å². The zero-order valence-electron chi connectivity index (χ0n) is 24.9. The summed E-state index contributed by atoms with van der Waals surface area (Å²) >= 11 is 6.28. The number of hydrogen-bond acceptors (Lipinski definition) is 6. The van der Waals surface area contributed by atoms with Crippen LogP contribution in [-0.2, 0) is 23.1 Å². The summed E-state index contributed by atoms with van der Waals surface area (Å²) in [6.45, 7) is 5.35. The van der Waals surface area contributed by atoms with E-state index in [1.165, 1.54) is 0 Å². The van der Waals surface area contributed by atoms with Gasteiger partial charge in [0.1, 0.15) is 12.4 Å². The van der Waals surface area contributed by atoms with Gasteiger partial charge >= 0.3 is 5.97 Å². The number of primary sulfonamides is 1. The number of aliphatic hydroxyl groups is 1. The largest absolute Gasteiger partial charge is 0.487 e. The Kier molecular flexibility index (Phi) is 11.3. The van der Waals surface area contributed by atoms with Gasteiger partial charge in [-0.15, -0.1) is 0 Å². The highest BCUT2D eigenvalue weighted by Crippen LogP contribution is 2.41. The number of halogens is 1. The van der Waals surface area contributed by atoms with Gasteiger partial charge in [-0.2, -0.15) is 0 Å². The van der Waals surface area contributed by atoms with Crippen molar-refractivity contribution < 1.29 is 28.2 Å². The molecule has 0 unspecified atom stereocenters. The maximum atomic E-state index is 12.0. The standard InChI is InChI=1S/C33H43ClN2O6S/c1-3-7-32(43(35,40)41)22(2)8-6-10-30(37)28-15-12-25(28)20-36-17-5-4-9-23-18-27(34)14-11-26(23)21-42-31-16-13-24(33(38)39)19-29(31)36/h3,6-7,10-11,13-14,16,18-19,22,25,28,30,32,37H,4-5,8-9,12,15,17,20-21H2,1-2H3,(H,38,39)(H2,35,40,41)/b7-3+,10-6+/t22-,25-,28+,30-,32+/m0/s1. The van der Waals surface area contributed by atoms with Crippen molar-refractivity contribution in [3.63, 3.8) is 0 Å². The number of carboxylic acid groups (broad SMARTS) is 1. The van der Waals surface area contributed by atoms with Crippen LogP contribution in [0.2, 0.25) is 5.02 Å². The van der Waals surface area contributed by atoms with E-state index in [0.717, 1.165) is 55.5 Å². The molecule has 0 radical (unpaired) electrons. The van der Waals surface area contributed by atoms with Crippen LogP contribution in [0.5, 0.6) is 5.75 Å². The van der Waals surface area contributed by atoms with Gasteiger partial charge < -0.3 is 19.8 Å². The number of allylic oxidation sites excluding steroid dienone is 2. The maximum Gasteiger partial charge on any atom is 0.335 e. The molecule has 4 N–H and O–H groups in total. The number of carboxylic acids is 1. The third-order valence-electron chi connectivity index (χ3n) is 8.76. The van der Waals surface area contributed by atoms with Crippen LogP contribution >= 0.6 is 11.6 Å². The number of nitrogens with zero attached hydrogens (tertiary/aromatic N) is 1. The van der Waals surface area contributed by atoms with Crippen LogP contribution < -0.4 is 14.8 Å². The second-order valence-corrected chi connectivity index (χ2v) is 14.0. The minimum atomic E-state index is -3.72. The SMILES string of the molecule is C/C=C/[C@H]([C@@H](C)C/C=C/[C@H](O)[C@@H]1CC[C@H]1CN1CCCCc2cc(Cl)ccc2COc2ccc(C(=O)O)cc21)S(N)(=O)=O. The molecule has 2 aliphatic rings. The molecule has 1 aliphatic heterocycles. The van der Waals surface area contributed by atoms with Gasteiger partial charge in [-0.1, -0.05) is 48.9 Å². The third kappa shape index (κ3) is 8.62. The van der Waals surface area contributed by atoms with E-state index in [-0.39, 0.29) is 23.3 Å². The first-order chi connectivity index (χ1) is 20.5. The molecule has 8 nitrogen and oxygen atoms in total. The summed E-state index contributed by atoms with van der Waals surface area (Å²) < 4.78 is 30.3. The molecule has 0 aromatic heterocycles. The van der Waals surface area contributed by atoms with Crippen LogP contribution in [-0.4, -0.2) is 49.0 Å². The van der Waals surface area contributed by atoms with Gasteiger partial charge in [0.2, 0.25) is 10.0 Å². The highest BCUT2D eigenvalue weighted by Gasteiger charge is 2.37. The first-order valence-electron chi connectivity index (χ1n) is 15.0. The van der Waals surface area contributed by atoms with E-state index in [1.54, 1.807) is 43.4 Å². The lowest BCUT2D eigenvalue weighted by Gasteiger charge is -2.42. The van der Waals surface area contributed by atoms with E-state index >= 15 is 0 Å². The lowest BCUT2D eigenvalue weighted by molar-refractivity contribution is 0.0461. The van der Waals surface area contributed by atoms with Crippen molar-refractivity contribution in [2.75, 3.05) is 18.0 Å². The summed E-state index contributed by atoms with van der Waals surface area (Å²) in [7, 11) is -3.72. The van der Waals surface area contributed by atoms with Crippen molar-refractivity contribution in [3.8, 4) is 5.75 Å². The molecule has 0 amide bonds. The van der Waals surface area contributed by atoms with E-state index < -0.39 is 27.3 Å². The predicted molar refractivity (Wildman–Crippen MR) is 171 cm³/mol. The number of rotatable bonds is 10. The number of sulfonamides is 1. The molecule has 1 heterocycles. The number of hydrogen-bond donors (Lipinski definition) is 3. The van der Waals surface area contributed by atoms with Crippen molar-refractivity contribution in [2.45, 2.75) is 70.3 Å². The minimum Gasteiger partial charge on any atom is -0.487 e. The number of aryl methyl sites for hydroxylation is 1. The maximum absolute atomic E-state index is 12.0. The second-order valence-electron chi connectivity index (χ2n) is 11.8. The van der Waals surface area contributed by atoms with E-state index in [9.17, 15) is 23.4 Å². The average Bonchev–Trinajstić information content (AvgIpc) is 2.96. The zero-order chi connectivity index (χ0) is 31.1. The Balaban J connectivity index is 1.49. The number of carbonyl (C=O) groups is 1. The average molecular weight is 631 g/mol. The van der Waals surface area contributed by atoms with Crippen molar-refractivity contribution >= 4 is 33.3 Å². The number of fused-ring (bicyclic) bond motifs is 2. The van der Waals surface area contributed by atoms with E-state index in [0.29, 0.717) is 30.3 Å². The van der Waals surface area contributed by atoms with Gasteiger partial charge in [-0.25, -0.2) is 18.4 Å². The molecule has 1 aliphatic carbocycles. The zero-order valence-corrected chi connectivity index (χ0v) is 26.4. The van der Waals surface area contributed by atoms with Crippen LogP contribution in [0, 0.1) is 17.8 Å². The summed E-state index contributed by atoms with van der Waals surface area (Å²) in [5.74, 6) is -0.337. The number of aromatic carboxylic acids is 1. The Morgan fingerprint density at radius 3 is 2.63 bits per heavy atom. The second kappa shape index (κ2) is 14.8. The topological polar surface area (TPSA) is 130 Å². The molecule has 43 heavy (non-hydrogen) atoms. The Hall–Kier alpha value is -2.85. The fraction of sp³-hybridized carbons (Fsp3) is 0.485. The number of aliphatic hydroxyl groups excluding tert-OH is 1. The van der Waals surface area contributed by atoms with Gasteiger partial charge in [-0.05, 0) is 105 Å². The first kappa shape index (κ1) is 33.1. The summed E-state index contributed by atoms with van der Waals surface area (Å²) in [4.78, 5) is 14.1. The minimum absolute atomic E-state index is 0.0488. The molecule has 1 saturated carbocycles. The molecule has 0 saturated heterocycles. The Bertz CT molecular complexity index is 1440. The number of nitrogens with two attached hydrogens (primary N) is 1. The highest BCUT2D eigenvalue weighted by atomic mass is 35.5. The molecular formula is C33H43ClN2O6S. The summed E-state index contributed by atoms with van der Waals surface area (Å²) in [5.41, 5.74) is 3.18. The van der Waals surface area contributed by atoms with Gasteiger partial charge in [0.15, 0.2) is 0 Å². The van der Waals surface area contributed by atoms with Crippen molar-refractivity contribution in [3.05, 3.63) is 82.4 Å². The molecule has 2 aromatic rings. The highest BCUT2D eigenvalue weighted by molar-refractivity contribution is 7.89. The predicted octanol–water partition coefficient (Wildman–Crippen LogP) is 5.96. The van der Waals surface area contributed by atoms with E-state index in [4.69, 9.17) is 21.5 Å². The van der Waals surface area contributed by atoms with E-state index in [2.05, 4.69) is 4.90 Å². The molecule has 0 spiro atoms. The summed E-state index contributed by atoms with van der Waals surface area (Å²) in [6.07, 6.45) is 11.3. The Morgan fingerprint density at radius 1 is 1.16 bits per heavy atom. The lowest BCUT2D eigenvalue weighted by Crippen LogP contribution is -2.43. The molecular weight excluding hydrogens is 588 g/mol. The molecule has 0 bridgehead atoms. The van der Waals surface area contributed by atoms with Gasteiger partial charge in [-0.3, -0.25) is 0 Å². The quantitative estimate of drug-likeness (QED) is 0.276. The fourth-order valence-corrected chi connectivity index (χ4v) is 7.48. The van der Waals surface area contributed by atoms with Crippen molar-refractivity contribution in [2.24, 2.45) is 22.9 Å². The molecule has 5 atom stereocenters. The Labute approximate surface area is 260 Å². The third-order valence-corrected chi connectivity index (χ3v) is 10.4. The fourth-order valence-electron chi connectivity index (χ4n) is 6.15. The van der Waals surface area contributed by atoms with Crippen molar-refractivity contribution in [1.82, 2.24) is 0 Å². The van der Waals surface area contributed by atoms with Crippen LogP contribution in [0.15, 0.2) is 60.7 Å². The normalized spacial score (nSPS) is 21.7. The lowest BCUT2D eigenvalue weighted by atomic mass is 9.70. The monoisotopic (exact) mass is 630 g/mol. The number of anilines is 1. The summed E-state index contributed by atoms with van der Waals surface area (Å²) in [6, 6.07) is 10.8. The molecule has 4 rings (SSSR count). The summed E-state index contributed by atoms with van der Waals surface area (Å²) in [5, 5.41) is 26.1. The van der Waals surface area contributed by atoms with Crippen molar-refractivity contribution in [1.29, 1.82) is 0 Å². The van der Waals surface area contributed by atoms with E-state index in [1.807, 2.05) is 31.2 Å². The van der Waals surface area contributed by atoms with Crippen LogP contribution in [0.1, 0.15) is 67.4 Å². The molecule has 1 fully saturated rings. The van der Waals surface area contributed by atoms with Gasteiger partial charge in [0.05, 0.1) is 22.6 Å². The number of benzene rings is 2. The van der Waals surface area contributed by atoms with Gasteiger partial charge in [0.25, 0.3) is 0 Å². The number of ether oxygens (including phenoxy) is 1. The molecule has 10 heteroatoms. The first-order valence-corrected chi connectivity index (χ1v) is 17.0. The smallest absolute Gasteiger partial charge is 0.335 e. The van der Waals surface area contributed by atoms with Crippen LogP contribution in [0.4, 0.5) is 5.69 Å². The van der Waals surface area contributed by atoms with Crippen LogP contribution in [0.25, 0.3) is 0 Å². The van der Waals surface area contributed by atoms with Crippen LogP contribution in [0.3, 0.4) is 0 Å². The molecule has 2 aromatic carbocycles. The molecule has 234 valence electrons. The Morgan fingerprint density at radius 2 is 1.95 bits per heavy atom.